The molecule has 0 amide bonds. The first-order valence-corrected chi connectivity index (χ1v) is 8.23. The summed E-state index contributed by atoms with van der Waals surface area (Å²) >= 11 is 1.71. The van der Waals surface area contributed by atoms with Crippen molar-refractivity contribution in [2.75, 3.05) is 14.2 Å². The fraction of sp³-hybridized carbons (Fsp3) is 0.294. The molecule has 0 aliphatic heterocycles. The Balaban J connectivity index is 2.12. The van der Waals surface area contributed by atoms with Gasteiger partial charge in [0.05, 0.1) is 19.9 Å². The minimum atomic E-state index is 0.439. The zero-order valence-electron chi connectivity index (χ0n) is 13.6. The molecule has 0 fully saturated rings. The lowest BCUT2D eigenvalue weighted by Gasteiger charge is -2.12. The zero-order chi connectivity index (χ0) is 16.4. The molecule has 0 saturated carbocycles. The first kappa shape index (κ1) is 15.7. The number of nitrogens with zero attached hydrogens (tertiary/aromatic N) is 3. The Hall–Kier alpha value is -2.21. The van der Waals surface area contributed by atoms with E-state index in [4.69, 9.17) is 14.5 Å². The van der Waals surface area contributed by atoms with Crippen LogP contribution in [0.4, 0.5) is 0 Å². The van der Waals surface area contributed by atoms with Gasteiger partial charge in [-0.25, -0.2) is 9.97 Å². The Morgan fingerprint density at radius 3 is 2.57 bits per heavy atom. The van der Waals surface area contributed by atoms with Crippen LogP contribution in [0.1, 0.15) is 13.8 Å². The lowest BCUT2D eigenvalue weighted by atomic mass is 10.1. The second kappa shape index (κ2) is 6.50. The van der Waals surface area contributed by atoms with Gasteiger partial charge < -0.3 is 9.47 Å². The van der Waals surface area contributed by atoms with Gasteiger partial charge in [-0.3, -0.25) is 4.40 Å². The minimum absolute atomic E-state index is 0.439. The molecule has 0 atom stereocenters. The molecule has 0 spiro atoms. The standard InChI is InChI=1S/C17H19N3O2S/c1-11(2)23-17-19-13(10-16-18-7-8-20(16)17)12-5-6-14(21-3)15(9-12)22-4/h5-11H,1-4H3. The van der Waals surface area contributed by atoms with E-state index in [9.17, 15) is 0 Å². The molecule has 3 rings (SSSR count). The lowest BCUT2D eigenvalue weighted by molar-refractivity contribution is 0.355. The molecule has 5 nitrogen and oxygen atoms in total. The van der Waals surface area contributed by atoms with Gasteiger partial charge in [0.2, 0.25) is 0 Å². The minimum Gasteiger partial charge on any atom is -0.493 e. The van der Waals surface area contributed by atoms with E-state index in [1.54, 1.807) is 32.2 Å². The van der Waals surface area contributed by atoms with E-state index >= 15 is 0 Å². The smallest absolute Gasteiger partial charge is 0.174 e. The number of imidazole rings is 1. The highest BCUT2D eigenvalue weighted by atomic mass is 32.2. The van der Waals surface area contributed by atoms with E-state index in [1.807, 2.05) is 34.9 Å². The maximum absolute atomic E-state index is 5.39. The van der Waals surface area contributed by atoms with E-state index in [2.05, 4.69) is 18.8 Å². The number of methoxy groups -OCH3 is 2. The number of hydrogen-bond donors (Lipinski definition) is 0. The molecule has 120 valence electrons. The summed E-state index contributed by atoms with van der Waals surface area (Å²) in [6.07, 6.45) is 3.73. The number of ether oxygens (including phenoxy) is 2. The van der Waals surface area contributed by atoms with Crippen molar-refractivity contribution >= 4 is 17.4 Å². The fourth-order valence-corrected chi connectivity index (χ4v) is 3.17. The summed E-state index contributed by atoms with van der Waals surface area (Å²) in [6.45, 7) is 4.30. The molecule has 6 heteroatoms. The van der Waals surface area contributed by atoms with E-state index in [0.29, 0.717) is 16.7 Å². The van der Waals surface area contributed by atoms with Crippen molar-refractivity contribution in [2.24, 2.45) is 0 Å². The maximum Gasteiger partial charge on any atom is 0.174 e. The molecule has 3 aromatic rings. The van der Waals surface area contributed by atoms with Crippen molar-refractivity contribution < 1.29 is 9.47 Å². The molecule has 0 aliphatic carbocycles. The van der Waals surface area contributed by atoms with Crippen LogP contribution in [-0.2, 0) is 0 Å². The van der Waals surface area contributed by atoms with Crippen molar-refractivity contribution in [3.05, 3.63) is 36.7 Å². The van der Waals surface area contributed by atoms with E-state index in [0.717, 1.165) is 22.1 Å². The van der Waals surface area contributed by atoms with Crippen LogP contribution in [-0.4, -0.2) is 33.8 Å². The van der Waals surface area contributed by atoms with Crippen LogP contribution >= 0.6 is 11.8 Å². The highest BCUT2D eigenvalue weighted by Crippen LogP contribution is 2.33. The summed E-state index contributed by atoms with van der Waals surface area (Å²) < 4.78 is 12.7. The van der Waals surface area contributed by atoms with Crippen LogP contribution in [0.2, 0.25) is 0 Å². The van der Waals surface area contributed by atoms with Gasteiger partial charge in [-0.2, -0.15) is 0 Å². The first-order valence-electron chi connectivity index (χ1n) is 7.35. The Bertz CT molecular complexity index is 830. The average Bonchev–Trinajstić information content (AvgIpc) is 3.02. The highest BCUT2D eigenvalue weighted by molar-refractivity contribution is 7.99. The molecule has 0 N–H and O–H groups in total. The summed E-state index contributed by atoms with van der Waals surface area (Å²) in [4.78, 5) is 9.21. The lowest BCUT2D eigenvalue weighted by Crippen LogP contribution is -1.99. The van der Waals surface area contributed by atoms with Crippen LogP contribution in [0, 0.1) is 0 Å². The van der Waals surface area contributed by atoms with Crippen molar-refractivity contribution in [3.63, 3.8) is 0 Å². The molecule has 23 heavy (non-hydrogen) atoms. The van der Waals surface area contributed by atoms with Crippen LogP contribution in [0.5, 0.6) is 11.5 Å². The predicted molar refractivity (Wildman–Crippen MR) is 92.5 cm³/mol. The highest BCUT2D eigenvalue weighted by Gasteiger charge is 2.12. The van der Waals surface area contributed by atoms with Crippen LogP contribution in [0.15, 0.2) is 41.8 Å². The third kappa shape index (κ3) is 3.12. The van der Waals surface area contributed by atoms with Crippen LogP contribution in [0.25, 0.3) is 16.9 Å². The largest absolute Gasteiger partial charge is 0.493 e. The topological polar surface area (TPSA) is 48.7 Å². The van der Waals surface area contributed by atoms with Crippen molar-refractivity contribution in [3.8, 4) is 22.8 Å². The van der Waals surface area contributed by atoms with E-state index in [1.165, 1.54) is 0 Å². The van der Waals surface area contributed by atoms with Gasteiger partial charge in [0.25, 0.3) is 0 Å². The maximum atomic E-state index is 5.39. The summed E-state index contributed by atoms with van der Waals surface area (Å²) in [5.41, 5.74) is 2.72. The molecule has 0 saturated heterocycles. The van der Waals surface area contributed by atoms with Gasteiger partial charge >= 0.3 is 0 Å². The molecule has 0 aliphatic rings. The molecule has 0 bridgehead atoms. The van der Waals surface area contributed by atoms with Gasteiger partial charge in [0, 0.05) is 29.3 Å². The zero-order valence-corrected chi connectivity index (χ0v) is 14.4. The third-order valence-corrected chi connectivity index (χ3v) is 4.35. The number of rotatable bonds is 5. The summed E-state index contributed by atoms with van der Waals surface area (Å²) in [5.74, 6) is 1.39. The Morgan fingerprint density at radius 1 is 1.09 bits per heavy atom. The van der Waals surface area contributed by atoms with E-state index in [-0.39, 0.29) is 0 Å². The van der Waals surface area contributed by atoms with E-state index < -0.39 is 0 Å². The number of hydrogen-bond acceptors (Lipinski definition) is 5. The van der Waals surface area contributed by atoms with Gasteiger partial charge in [-0.15, -0.1) is 0 Å². The molecule has 0 radical (unpaired) electrons. The molecular formula is C17H19N3O2S. The third-order valence-electron chi connectivity index (χ3n) is 3.38. The van der Waals surface area contributed by atoms with Crippen LogP contribution < -0.4 is 9.47 Å². The molecule has 1 aromatic carbocycles. The monoisotopic (exact) mass is 329 g/mol. The molecular weight excluding hydrogens is 310 g/mol. The normalized spacial score (nSPS) is 11.2. The molecule has 2 aromatic heterocycles. The van der Waals surface area contributed by atoms with Crippen LogP contribution in [0.3, 0.4) is 0 Å². The number of thioether (sulfide) groups is 1. The summed E-state index contributed by atoms with van der Waals surface area (Å²) in [6, 6.07) is 7.78. The second-order valence-electron chi connectivity index (χ2n) is 5.32. The quantitative estimate of drug-likeness (QED) is 0.524. The van der Waals surface area contributed by atoms with Gasteiger partial charge in [0.1, 0.15) is 5.65 Å². The Morgan fingerprint density at radius 2 is 1.87 bits per heavy atom. The molecule has 0 unspecified atom stereocenters. The fourth-order valence-electron chi connectivity index (χ4n) is 2.33. The predicted octanol–water partition coefficient (Wildman–Crippen LogP) is 3.91. The first-order chi connectivity index (χ1) is 11.1. The second-order valence-corrected chi connectivity index (χ2v) is 6.86. The Kier molecular flexibility index (Phi) is 4.43. The summed E-state index contributed by atoms with van der Waals surface area (Å²) in [7, 11) is 3.26. The number of aromatic nitrogens is 3. The SMILES string of the molecule is COc1ccc(-c2cc3nccn3c(SC(C)C)n2)cc1OC. The number of fused-ring (bicyclic) bond motifs is 1. The van der Waals surface area contributed by atoms with Crippen molar-refractivity contribution in [2.45, 2.75) is 24.3 Å². The number of benzene rings is 1. The van der Waals surface area contributed by atoms with Gasteiger partial charge in [-0.1, -0.05) is 25.6 Å². The van der Waals surface area contributed by atoms with Crippen molar-refractivity contribution in [1.29, 1.82) is 0 Å². The van der Waals surface area contributed by atoms with Gasteiger partial charge in [0.15, 0.2) is 16.7 Å². The average molecular weight is 329 g/mol. The van der Waals surface area contributed by atoms with Crippen molar-refractivity contribution in [1.82, 2.24) is 14.4 Å². The Labute approximate surface area is 139 Å². The summed E-state index contributed by atoms with van der Waals surface area (Å²) in [5, 5.41) is 1.37. The van der Waals surface area contributed by atoms with Gasteiger partial charge in [-0.05, 0) is 18.2 Å². The molecule has 2 heterocycles.